The number of carbonyl (C=O) groups is 2. The van der Waals surface area contributed by atoms with Crippen molar-refractivity contribution in [3.63, 3.8) is 0 Å². The van der Waals surface area contributed by atoms with E-state index in [4.69, 9.17) is 13.8 Å². The molecule has 0 aliphatic rings. The van der Waals surface area contributed by atoms with Crippen LogP contribution in [0, 0.1) is 0 Å². The number of quaternary nitrogens is 1. The Morgan fingerprint density at radius 1 is 0.402 bits per heavy atom. The summed E-state index contributed by atoms with van der Waals surface area (Å²) in [7, 11) is 1.19. The fourth-order valence-corrected chi connectivity index (χ4v) is 11.9. The third-order valence-corrected chi connectivity index (χ3v) is 17.9. The van der Waals surface area contributed by atoms with Crippen molar-refractivity contribution in [2.45, 2.75) is 380 Å². The molecule has 9 nitrogen and oxygen atoms in total. The molecular weight excluding hydrogens is 1100 g/mol. The number of allylic oxidation sites excluding steroid dienone is 9. The van der Waals surface area contributed by atoms with Crippen molar-refractivity contribution >= 4 is 19.7 Å². The minimum absolute atomic E-state index is 0.0237. The predicted octanol–water partition coefficient (Wildman–Crippen LogP) is 23.5. The summed E-state index contributed by atoms with van der Waals surface area (Å²) in [6, 6.07) is -0.893. The van der Waals surface area contributed by atoms with Crippen molar-refractivity contribution in [1.82, 2.24) is 5.32 Å². The third kappa shape index (κ3) is 67.9. The number of rotatable bonds is 69. The zero-order valence-corrected chi connectivity index (χ0v) is 59.4. The van der Waals surface area contributed by atoms with Crippen molar-refractivity contribution in [2.75, 3.05) is 40.9 Å². The summed E-state index contributed by atoms with van der Waals surface area (Å²) in [5.41, 5.74) is 0. The van der Waals surface area contributed by atoms with Gasteiger partial charge in [0.05, 0.1) is 33.8 Å². The number of phosphoric acid groups is 1. The van der Waals surface area contributed by atoms with E-state index in [2.05, 4.69) is 74.7 Å². The van der Waals surface area contributed by atoms with Crippen LogP contribution in [0.4, 0.5) is 0 Å². The second-order valence-electron chi connectivity index (χ2n) is 26.8. The summed E-state index contributed by atoms with van der Waals surface area (Å²) in [6.45, 7) is 6.86. The van der Waals surface area contributed by atoms with Crippen LogP contribution in [0.15, 0.2) is 60.8 Å². The summed E-state index contributed by atoms with van der Waals surface area (Å²) >= 11 is 0. The highest BCUT2D eigenvalue weighted by Gasteiger charge is 2.27. The number of phosphoric ester groups is 1. The molecule has 0 fully saturated rings. The van der Waals surface area contributed by atoms with Crippen molar-refractivity contribution in [3.05, 3.63) is 60.8 Å². The second-order valence-corrected chi connectivity index (χ2v) is 28.2. The van der Waals surface area contributed by atoms with E-state index in [1.165, 1.54) is 244 Å². The number of ether oxygens (including phenoxy) is 1. The fraction of sp³-hybridized carbons (Fsp3) is 0.844. The van der Waals surface area contributed by atoms with Gasteiger partial charge in [0.1, 0.15) is 19.3 Å². The van der Waals surface area contributed by atoms with Crippen molar-refractivity contribution in [3.8, 4) is 0 Å². The van der Waals surface area contributed by atoms with Crippen LogP contribution in [-0.2, 0) is 27.9 Å². The van der Waals surface area contributed by atoms with Crippen LogP contribution < -0.4 is 10.2 Å². The number of likely N-dealkylation sites (N-methyl/N-ethyl adjacent to an activating group) is 1. The first-order chi connectivity index (χ1) is 42.4. The van der Waals surface area contributed by atoms with Crippen LogP contribution in [0.2, 0.25) is 0 Å². The maximum atomic E-state index is 13.6. The number of unbranched alkanes of at least 4 members (excludes halogenated alkanes) is 45. The maximum Gasteiger partial charge on any atom is 0.306 e. The predicted molar refractivity (Wildman–Crippen MR) is 376 cm³/mol. The highest BCUT2D eigenvalue weighted by molar-refractivity contribution is 7.45. The van der Waals surface area contributed by atoms with Gasteiger partial charge in [-0.2, -0.15) is 0 Å². The summed E-state index contributed by atoms with van der Waals surface area (Å²) < 4.78 is 30.5. The van der Waals surface area contributed by atoms with E-state index < -0.39 is 20.0 Å². The number of carbonyl (C=O) groups excluding carboxylic acids is 2. The molecule has 3 unspecified atom stereocenters. The number of amides is 1. The Morgan fingerprint density at radius 2 is 0.701 bits per heavy atom. The van der Waals surface area contributed by atoms with Gasteiger partial charge in [0.25, 0.3) is 7.82 Å². The molecule has 0 saturated carbocycles. The normalized spacial score (nSPS) is 13.8. The molecule has 0 aromatic rings. The van der Waals surface area contributed by atoms with Gasteiger partial charge in [-0.15, -0.1) is 0 Å². The van der Waals surface area contributed by atoms with E-state index >= 15 is 0 Å². The number of nitrogens with one attached hydrogen (secondary N) is 1. The summed E-state index contributed by atoms with van der Waals surface area (Å²) in [5, 5.41) is 3.05. The molecule has 0 aromatic heterocycles. The fourth-order valence-electron chi connectivity index (χ4n) is 11.2. The van der Waals surface area contributed by atoms with Crippen LogP contribution in [0.25, 0.3) is 0 Å². The Kier molecular flexibility index (Phi) is 64.9. The van der Waals surface area contributed by atoms with Gasteiger partial charge < -0.3 is 28.5 Å². The minimum Gasteiger partial charge on any atom is -0.756 e. The smallest absolute Gasteiger partial charge is 0.306 e. The number of esters is 1. The van der Waals surface area contributed by atoms with E-state index in [9.17, 15) is 19.0 Å². The molecule has 1 N–H and O–H groups in total. The van der Waals surface area contributed by atoms with Gasteiger partial charge in [0, 0.05) is 12.8 Å². The standard InChI is InChI=1S/C77H145N2O7P/c1-7-10-13-16-19-22-25-27-29-31-33-35-37-38-39-40-42-43-45-47-49-51-54-57-60-63-66-69-76(80)78-74(73-85-87(82,83)84-72-71-79(4,5)6)75(68-65-62-59-56-53-24-21-18-15-12-9-3)86-77(81)70-67-64-61-58-55-52-50-48-46-44-41-36-34-32-30-28-26-23-20-17-14-11-8-2/h20,23,28,30,34,36,44,46,65,68,74-75H,7-19,21-22,24-27,29,31-33,35,37-43,45,47-64,66-67,69-73H2,1-6H3,(H-,78,80,82,83)/b23-20-,30-28-,36-34-,46-44-,68-65+. The largest absolute Gasteiger partial charge is 0.756 e. The highest BCUT2D eigenvalue weighted by atomic mass is 31.2. The molecule has 0 saturated heterocycles. The summed E-state index contributed by atoms with van der Waals surface area (Å²) in [5.74, 6) is -0.538. The van der Waals surface area contributed by atoms with Crippen LogP contribution in [0.1, 0.15) is 367 Å². The van der Waals surface area contributed by atoms with Gasteiger partial charge in [-0.1, -0.05) is 339 Å². The Balaban J connectivity index is 4.95. The molecule has 0 spiro atoms. The van der Waals surface area contributed by atoms with Crippen LogP contribution >= 0.6 is 7.82 Å². The molecule has 510 valence electrons. The minimum atomic E-state index is -4.71. The van der Waals surface area contributed by atoms with Gasteiger partial charge in [0.15, 0.2) is 0 Å². The zero-order chi connectivity index (χ0) is 63.5. The molecule has 0 rings (SSSR count). The number of hydrogen-bond donors (Lipinski definition) is 1. The van der Waals surface area contributed by atoms with Crippen molar-refractivity contribution < 1.29 is 37.3 Å². The van der Waals surface area contributed by atoms with E-state index in [1.54, 1.807) is 0 Å². The van der Waals surface area contributed by atoms with E-state index in [0.717, 1.165) is 89.9 Å². The van der Waals surface area contributed by atoms with Gasteiger partial charge in [0.2, 0.25) is 5.91 Å². The molecule has 0 radical (unpaired) electrons. The van der Waals surface area contributed by atoms with Crippen molar-refractivity contribution in [2.24, 2.45) is 0 Å². The molecule has 0 bridgehead atoms. The van der Waals surface area contributed by atoms with Gasteiger partial charge in [-0.3, -0.25) is 14.2 Å². The first-order valence-corrected chi connectivity index (χ1v) is 39.1. The molecule has 1 amide bonds. The van der Waals surface area contributed by atoms with E-state index in [0.29, 0.717) is 17.4 Å². The number of hydrogen-bond acceptors (Lipinski definition) is 7. The summed E-state index contributed by atoms with van der Waals surface area (Å²) in [4.78, 5) is 40.2. The third-order valence-electron chi connectivity index (χ3n) is 17.0. The van der Waals surface area contributed by atoms with Gasteiger partial charge in [-0.05, 0) is 76.7 Å². The Labute approximate surface area is 541 Å². The molecular formula is C77H145N2O7P. The molecule has 0 aromatic carbocycles. The first-order valence-electron chi connectivity index (χ1n) is 37.6. The summed E-state index contributed by atoms with van der Waals surface area (Å²) in [6.07, 6.45) is 86.5. The lowest BCUT2D eigenvalue weighted by atomic mass is 10.0. The Hall–Kier alpha value is -2.29. The average molecular weight is 1240 g/mol. The van der Waals surface area contributed by atoms with Crippen molar-refractivity contribution in [1.29, 1.82) is 0 Å². The molecule has 0 aliphatic carbocycles. The van der Waals surface area contributed by atoms with E-state index in [-0.39, 0.29) is 31.5 Å². The topological polar surface area (TPSA) is 114 Å². The lowest BCUT2D eigenvalue weighted by Gasteiger charge is -2.30. The van der Waals surface area contributed by atoms with Crippen LogP contribution in [0.3, 0.4) is 0 Å². The van der Waals surface area contributed by atoms with Crippen LogP contribution in [-0.4, -0.2) is 69.4 Å². The average Bonchev–Trinajstić information content (AvgIpc) is 3.70. The SMILES string of the molecule is CCCCC/C=C\C/C=C\C/C=C\C/C=C\CCCCCCCCCC(=O)OC(/C=C/CCCCCCCCCCC)C(COP(=O)([O-])OCC[N+](C)(C)C)NC(=O)CCCCCCCCCCCCCCCCCCCCCCCCCCCCC. The molecule has 87 heavy (non-hydrogen) atoms. The Bertz CT molecular complexity index is 1670. The van der Waals surface area contributed by atoms with Gasteiger partial charge in [-0.25, -0.2) is 0 Å². The molecule has 0 heterocycles. The second kappa shape index (κ2) is 66.6. The molecule has 0 aliphatic heterocycles. The lowest BCUT2D eigenvalue weighted by Crippen LogP contribution is -2.47. The Morgan fingerprint density at radius 3 is 1.07 bits per heavy atom. The first kappa shape index (κ1) is 84.7. The van der Waals surface area contributed by atoms with Crippen LogP contribution in [0.5, 0.6) is 0 Å². The van der Waals surface area contributed by atoms with E-state index in [1.807, 2.05) is 33.3 Å². The highest BCUT2D eigenvalue weighted by Crippen LogP contribution is 2.38. The lowest BCUT2D eigenvalue weighted by molar-refractivity contribution is -0.870. The maximum absolute atomic E-state index is 13.6. The molecule has 10 heteroatoms. The molecule has 3 atom stereocenters. The number of nitrogens with zero attached hydrogens (tertiary/aromatic N) is 1. The van der Waals surface area contributed by atoms with Gasteiger partial charge >= 0.3 is 5.97 Å². The zero-order valence-electron chi connectivity index (χ0n) is 58.5. The monoisotopic (exact) mass is 1240 g/mol. The quantitative estimate of drug-likeness (QED) is 0.0212.